The number of nitrogens with one attached hydrogen (secondary N) is 1. The summed E-state index contributed by atoms with van der Waals surface area (Å²) < 4.78 is 14.0. The Morgan fingerprint density at radius 2 is 2.00 bits per heavy atom. The predicted molar refractivity (Wildman–Crippen MR) is 141 cm³/mol. The number of aryl methyl sites for hydroxylation is 1. The van der Waals surface area contributed by atoms with E-state index in [1.165, 1.54) is 0 Å². The summed E-state index contributed by atoms with van der Waals surface area (Å²) in [5, 5.41) is 22.3. The number of amides is 1. The van der Waals surface area contributed by atoms with Crippen LogP contribution in [0.25, 0.3) is 34.2 Å². The van der Waals surface area contributed by atoms with E-state index < -0.39 is 6.10 Å². The number of carbonyl (C=O) groups is 1. The SMILES string of the molecule is CC.Cn1ncc2c1OCCN1CCC(Oc3ccc(C#N)cc3/C=C/c3n[nH]c4ccc-2cc34)C1=O. The number of aromatic amines is 1. The highest BCUT2D eigenvalue weighted by atomic mass is 16.5. The highest BCUT2D eigenvalue weighted by Crippen LogP contribution is 2.33. The molecule has 4 bridgehead atoms. The van der Waals surface area contributed by atoms with E-state index in [9.17, 15) is 10.1 Å². The van der Waals surface area contributed by atoms with Crippen LogP contribution >= 0.6 is 0 Å². The predicted octanol–water partition coefficient (Wildman–Crippen LogP) is 4.40. The first kappa shape index (κ1) is 24.1. The summed E-state index contributed by atoms with van der Waals surface area (Å²) in [6.07, 6.45) is 5.54. The Labute approximate surface area is 214 Å². The second kappa shape index (κ2) is 10.2. The number of fused-ring (bicyclic) bond motifs is 6. The van der Waals surface area contributed by atoms with Gasteiger partial charge in [0, 0.05) is 31.0 Å². The van der Waals surface area contributed by atoms with Crippen molar-refractivity contribution < 1.29 is 14.3 Å². The lowest BCUT2D eigenvalue weighted by Gasteiger charge is -2.18. The number of carbonyl (C=O) groups excluding carboxylic acids is 1. The second-order valence-corrected chi connectivity index (χ2v) is 8.62. The Balaban J connectivity index is 0.00000137. The van der Waals surface area contributed by atoms with Crippen LogP contribution in [0.15, 0.2) is 42.6 Å². The van der Waals surface area contributed by atoms with Crippen LogP contribution in [0.3, 0.4) is 0 Å². The third kappa shape index (κ3) is 4.54. The number of H-pyrrole nitrogens is 1. The van der Waals surface area contributed by atoms with Gasteiger partial charge in [0.2, 0.25) is 5.88 Å². The van der Waals surface area contributed by atoms with Gasteiger partial charge in [0.1, 0.15) is 12.4 Å². The van der Waals surface area contributed by atoms with Crippen molar-refractivity contribution in [1.82, 2.24) is 24.9 Å². The van der Waals surface area contributed by atoms with Crippen LogP contribution in [0.1, 0.15) is 37.1 Å². The number of hydrogen-bond donors (Lipinski definition) is 1. The largest absolute Gasteiger partial charge is 0.480 e. The van der Waals surface area contributed by atoms with Crippen LogP contribution in [0.5, 0.6) is 11.6 Å². The first-order chi connectivity index (χ1) is 18.1. The fraction of sp³-hybridized carbons (Fsp3) is 0.286. The van der Waals surface area contributed by atoms with E-state index >= 15 is 0 Å². The maximum Gasteiger partial charge on any atom is 0.263 e. The third-order valence-corrected chi connectivity index (χ3v) is 6.46. The van der Waals surface area contributed by atoms with E-state index in [4.69, 9.17) is 9.47 Å². The number of rotatable bonds is 0. The standard InChI is InChI=1S/C26H22N6O3.C2H6/c1-31-26-20(15-28-31)17-3-5-21-19(13-17)22(30-29-21)6-4-18-12-16(14-27)2-7-23(18)35-24-8-9-32(25(24)33)10-11-34-26;1-2/h2-7,12-13,15,24H,8-11H2,1H3,(H,29,30);1-2H3/b6-4+;. The molecule has 37 heavy (non-hydrogen) atoms. The molecule has 0 saturated carbocycles. The van der Waals surface area contributed by atoms with Gasteiger partial charge in [-0.15, -0.1) is 0 Å². The molecular weight excluding hydrogens is 468 g/mol. The van der Waals surface area contributed by atoms with Gasteiger partial charge in [-0.05, 0) is 48.0 Å². The molecular formula is C28H28N6O3. The number of benzene rings is 2. The molecule has 2 aliphatic heterocycles. The molecule has 188 valence electrons. The highest BCUT2D eigenvalue weighted by Gasteiger charge is 2.33. The molecule has 1 saturated heterocycles. The van der Waals surface area contributed by atoms with E-state index in [0.29, 0.717) is 48.9 Å². The van der Waals surface area contributed by atoms with E-state index in [1.807, 2.05) is 45.2 Å². The average Bonchev–Trinajstić information content (AvgIpc) is 3.61. The quantitative estimate of drug-likeness (QED) is 0.386. The molecule has 1 amide bonds. The van der Waals surface area contributed by atoms with Crippen LogP contribution in [0, 0.1) is 11.3 Å². The fourth-order valence-corrected chi connectivity index (χ4v) is 4.60. The molecule has 6 rings (SSSR count). The normalized spacial score (nSPS) is 17.5. The summed E-state index contributed by atoms with van der Waals surface area (Å²) in [5.41, 5.74) is 4.69. The second-order valence-electron chi connectivity index (χ2n) is 8.62. The molecule has 0 spiro atoms. The van der Waals surface area contributed by atoms with E-state index in [-0.39, 0.29) is 5.91 Å². The van der Waals surface area contributed by atoms with Crippen LogP contribution in [0.2, 0.25) is 0 Å². The Kier molecular flexibility index (Phi) is 6.64. The van der Waals surface area contributed by atoms with Crippen molar-refractivity contribution in [3.8, 4) is 28.8 Å². The Hall–Kier alpha value is -4.58. The molecule has 1 unspecified atom stereocenters. The molecule has 0 aliphatic carbocycles. The van der Waals surface area contributed by atoms with Crippen molar-refractivity contribution in [2.75, 3.05) is 19.7 Å². The highest BCUT2D eigenvalue weighted by molar-refractivity contribution is 5.93. The number of ether oxygens (including phenoxy) is 2. The summed E-state index contributed by atoms with van der Waals surface area (Å²) in [6, 6.07) is 13.4. The maximum atomic E-state index is 13.0. The lowest BCUT2D eigenvalue weighted by atomic mass is 10.0. The molecule has 4 heterocycles. The van der Waals surface area contributed by atoms with Crippen LogP contribution in [-0.2, 0) is 11.8 Å². The smallest absolute Gasteiger partial charge is 0.263 e. The molecule has 1 N–H and O–H groups in total. The minimum absolute atomic E-state index is 0.0666. The van der Waals surface area contributed by atoms with Gasteiger partial charge in [-0.1, -0.05) is 19.9 Å². The molecule has 4 aromatic rings. The zero-order valence-electron chi connectivity index (χ0n) is 21.1. The number of nitriles is 1. The summed E-state index contributed by atoms with van der Waals surface area (Å²) >= 11 is 0. The summed E-state index contributed by atoms with van der Waals surface area (Å²) in [7, 11) is 1.84. The van der Waals surface area contributed by atoms with Crippen LogP contribution < -0.4 is 9.47 Å². The zero-order chi connectivity index (χ0) is 25.9. The van der Waals surface area contributed by atoms with Gasteiger partial charge in [0.25, 0.3) is 5.91 Å². The summed E-state index contributed by atoms with van der Waals surface area (Å²) in [6.45, 7) is 5.39. The Bertz CT molecular complexity index is 1530. The van der Waals surface area contributed by atoms with Gasteiger partial charge < -0.3 is 14.4 Å². The molecule has 9 heteroatoms. The van der Waals surface area contributed by atoms with Crippen molar-refractivity contribution in [1.29, 1.82) is 5.26 Å². The van der Waals surface area contributed by atoms with Gasteiger partial charge in [-0.2, -0.15) is 15.5 Å². The Morgan fingerprint density at radius 3 is 2.84 bits per heavy atom. The lowest BCUT2D eigenvalue weighted by molar-refractivity contribution is -0.133. The van der Waals surface area contributed by atoms with E-state index in [1.54, 1.807) is 34.0 Å². The van der Waals surface area contributed by atoms with Crippen LogP contribution in [0.4, 0.5) is 0 Å². The first-order valence-electron chi connectivity index (χ1n) is 12.4. The molecule has 1 atom stereocenters. The molecule has 1 fully saturated rings. The van der Waals surface area contributed by atoms with Gasteiger partial charge >= 0.3 is 0 Å². The van der Waals surface area contributed by atoms with Gasteiger partial charge in [0.05, 0.1) is 41.1 Å². The molecule has 9 nitrogen and oxygen atoms in total. The minimum atomic E-state index is -0.579. The van der Waals surface area contributed by atoms with E-state index in [0.717, 1.165) is 27.7 Å². The number of aromatic nitrogens is 4. The third-order valence-electron chi connectivity index (χ3n) is 6.46. The summed E-state index contributed by atoms with van der Waals surface area (Å²) in [5.74, 6) is 1.13. The van der Waals surface area contributed by atoms with Gasteiger partial charge in [0.15, 0.2) is 6.10 Å². The van der Waals surface area contributed by atoms with Gasteiger partial charge in [-0.3, -0.25) is 9.89 Å². The zero-order valence-corrected chi connectivity index (χ0v) is 21.1. The first-order valence-corrected chi connectivity index (χ1v) is 12.4. The van der Waals surface area contributed by atoms with Crippen molar-refractivity contribution >= 4 is 29.0 Å². The van der Waals surface area contributed by atoms with Crippen molar-refractivity contribution in [3.63, 3.8) is 0 Å². The van der Waals surface area contributed by atoms with Crippen molar-refractivity contribution in [3.05, 3.63) is 59.4 Å². The molecule has 0 radical (unpaired) electrons. The lowest BCUT2D eigenvalue weighted by Crippen LogP contribution is -2.35. The van der Waals surface area contributed by atoms with Crippen molar-refractivity contribution in [2.24, 2.45) is 7.05 Å². The van der Waals surface area contributed by atoms with Crippen LogP contribution in [-0.4, -0.2) is 56.6 Å². The number of hydrogen-bond acceptors (Lipinski definition) is 6. The Morgan fingerprint density at radius 1 is 1.14 bits per heavy atom. The van der Waals surface area contributed by atoms with E-state index in [2.05, 4.69) is 27.4 Å². The van der Waals surface area contributed by atoms with Crippen molar-refractivity contribution in [2.45, 2.75) is 26.4 Å². The molecule has 2 aromatic carbocycles. The number of nitrogens with zero attached hydrogens (tertiary/aromatic N) is 5. The monoisotopic (exact) mass is 496 g/mol. The van der Waals surface area contributed by atoms with Gasteiger partial charge in [-0.25, -0.2) is 4.68 Å². The topological polar surface area (TPSA) is 109 Å². The minimum Gasteiger partial charge on any atom is -0.480 e. The summed E-state index contributed by atoms with van der Waals surface area (Å²) in [4.78, 5) is 14.8. The molecule has 2 aliphatic rings. The maximum absolute atomic E-state index is 13.0. The fourth-order valence-electron chi connectivity index (χ4n) is 4.60. The average molecular weight is 497 g/mol. The molecule has 2 aromatic heterocycles.